The van der Waals surface area contributed by atoms with E-state index < -0.39 is 0 Å². The summed E-state index contributed by atoms with van der Waals surface area (Å²) in [7, 11) is 0. The molecule has 1 aliphatic heterocycles. The van der Waals surface area contributed by atoms with E-state index in [0.717, 1.165) is 23.1 Å². The lowest BCUT2D eigenvalue weighted by Gasteiger charge is -2.11. The first-order chi connectivity index (χ1) is 12.7. The van der Waals surface area contributed by atoms with Gasteiger partial charge < -0.3 is 10.1 Å². The normalized spacial score (nSPS) is 15.3. The van der Waals surface area contributed by atoms with Crippen molar-refractivity contribution in [2.45, 2.75) is 18.9 Å². The van der Waals surface area contributed by atoms with Gasteiger partial charge in [0.25, 0.3) is 0 Å². The van der Waals surface area contributed by atoms with Gasteiger partial charge in [-0.05, 0) is 29.0 Å². The van der Waals surface area contributed by atoms with E-state index >= 15 is 0 Å². The van der Waals surface area contributed by atoms with Crippen LogP contribution in [0.1, 0.15) is 12.0 Å². The molecule has 5 nitrogen and oxygen atoms in total. The summed E-state index contributed by atoms with van der Waals surface area (Å²) in [6.07, 6.45) is 6.15. The minimum atomic E-state index is -0.0403. The van der Waals surface area contributed by atoms with Crippen LogP contribution in [-0.2, 0) is 11.2 Å². The van der Waals surface area contributed by atoms with E-state index in [2.05, 4.69) is 40.1 Å². The molecule has 130 valence electrons. The summed E-state index contributed by atoms with van der Waals surface area (Å²) >= 11 is 0. The molecule has 3 aromatic rings. The van der Waals surface area contributed by atoms with Crippen molar-refractivity contribution in [3.8, 4) is 17.1 Å². The van der Waals surface area contributed by atoms with Gasteiger partial charge in [-0.15, -0.1) is 6.58 Å². The number of carbonyl (C=O) groups is 1. The second kappa shape index (κ2) is 6.96. The molecule has 26 heavy (non-hydrogen) atoms. The Kier molecular flexibility index (Phi) is 4.35. The molecule has 1 aliphatic rings. The third-order valence-electron chi connectivity index (χ3n) is 4.49. The fraction of sp³-hybridized carbons (Fsp3) is 0.190. The predicted octanol–water partition coefficient (Wildman–Crippen LogP) is 3.29. The number of ether oxygens (including phenoxy) is 1. The van der Waals surface area contributed by atoms with Gasteiger partial charge in [-0.2, -0.15) is 0 Å². The van der Waals surface area contributed by atoms with Crippen molar-refractivity contribution in [1.82, 2.24) is 15.3 Å². The highest BCUT2D eigenvalue weighted by Gasteiger charge is 2.25. The molecule has 1 N–H and O–H groups in total. The van der Waals surface area contributed by atoms with E-state index in [1.807, 2.05) is 18.2 Å². The predicted molar refractivity (Wildman–Crippen MR) is 101 cm³/mol. The summed E-state index contributed by atoms with van der Waals surface area (Å²) < 4.78 is 5.99. The lowest BCUT2D eigenvalue weighted by Crippen LogP contribution is -2.34. The van der Waals surface area contributed by atoms with Crippen LogP contribution >= 0.6 is 0 Å². The van der Waals surface area contributed by atoms with Crippen LogP contribution in [0.25, 0.3) is 22.2 Å². The SMILES string of the molecule is C=CCC(=O)NC[C@H]1Cc2c(ccc3cc(-c4ncccn4)ccc23)O1. The minimum Gasteiger partial charge on any atom is -0.488 e. The average molecular weight is 345 g/mol. The van der Waals surface area contributed by atoms with E-state index in [-0.39, 0.29) is 12.0 Å². The topological polar surface area (TPSA) is 64.1 Å². The number of nitrogens with zero attached hydrogens (tertiary/aromatic N) is 2. The van der Waals surface area contributed by atoms with Crippen molar-refractivity contribution in [3.05, 3.63) is 67.0 Å². The fourth-order valence-corrected chi connectivity index (χ4v) is 3.28. The Morgan fingerprint density at radius 3 is 2.92 bits per heavy atom. The molecule has 0 saturated heterocycles. The maximum Gasteiger partial charge on any atom is 0.223 e. The van der Waals surface area contributed by atoms with Gasteiger partial charge >= 0.3 is 0 Å². The molecule has 0 bridgehead atoms. The first kappa shape index (κ1) is 16.3. The molecule has 0 spiro atoms. The van der Waals surface area contributed by atoms with Crippen LogP contribution in [-0.4, -0.2) is 28.5 Å². The first-order valence-electron chi connectivity index (χ1n) is 8.62. The quantitative estimate of drug-likeness (QED) is 0.721. The summed E-state index contributed by atoms with van der Waals surface area (Å²) in [6.45, 7) is 4.07. The van der Waals surface area contributed by atoms with Crippen molar-refractivity contribution >= 4 is 16.7 Å². The summed E-state index contributed by atoms with van der Waals surface area (Å²) in [4.78, 5) is 20.2. The van der Waals surface area contributed by atoms with Crippen molar-refractivity contribution in [2.24, 2.45) is 0 Å². The molecular weight excluding hydrogens is 326 g/mol. The maximum atomic E-state index is 11.6. The number of fused-ring (bicyclic) bond motifs is 3. The summed E-state index contributed by atoms with van der Waals surface area (Å²) in [5, 5.41) is 5.19. The monoisotopic (exact) mass is 345 g/mol. The summed E-state index contributed by atoms with van der Waals surface area (Å²) in [6, 6.07) is 12.1. The number of nitrogens with one attached hydrogen (secondary N) is 1. The number of aromatic nitrogens is 2. The van der Waals surface area contributed by atoms with Crippen LogP contribution in [0.4, 0.5) is 0 Å². The molecular formula is C21H19N3O2. The number of amides is 1. The molecule has 1 aromatic heterocycles. The molecule has 0 unspecified atom stereocenters. The standard InChI is InChI=1S/C21H19N3O2/c1-2-4-20(25)24-13-16-12-18-17-7-5-15(21-22-9-3-10-23-21)11-14(17)6-8-19(18)26-16/h2-3,5-11,16H,1,4,12-13H2,(H,24,25)/t16-/m1/s1. The Morgan fingerprint density at radius 1 is 1.27 bits per heavy atom. The third-order valence-corrected chi connectivity index (χ3v) is 4.49. The largest absolute Gasteiger partial charge is 0.488 e. The highest BCUT2D eigenvalue weighted by molar-refractivity contribution is 5.91. The van der Waals surface area contributed by atoms with Gasteiger partial charge in [0, 0.05) is 36.4 Å². The molecule has 1 atom stereocenters. The number of benzene rings is 2. The smallest absolute Gasteiger partial charge is 0.223 e. The lowest BCUT2D eigenvalue weighted by atomic mass is 9.99. The number of hydrogen-bond acceptors (Lipinski definition) is 4. The average Bonchev–Trinajstić information content (AvgIpc) is 3.10. The molecule has 0 radical (unpaired) electrons. The molecule has 0 aliphatic carbocycles. The van der Waals surface area contributed by atoms with E-state index in [1.165, 1.54) is 10.9 Å². The van der Waals surface area contributed by atoms with Crippen molar-refractivity contribution in [2.75, 3.05) is 6.54 Å². The highest BCUT2D eigenvalue weighted by atomic mass is 16.5. The van der Waals surface area contributed by atoms with Crippen LogP contribution in [0.3, 0.4) is 0 Å². The zero-order chi connectivity index (χ0) is 17.9. The summed E-state index contributed by atoms with van der Waals surface area (Å²) in [5.41, 5.74) is 2.18. The second-order valence-corrected chi connectivity index (χ2v) is 6.29. The first-order valence-corrected chi connectivity index (χ1v) is 8.62. The number of carbonyl (C=O) groups excluding carboxylic acids is 1. The molecule has 4 rings (SSSR count). The molecule has 0 saturated carbocycles. The van der Waals surface area contributed by atoms with Gasteiger partial charge in [0.1, 0.15) is 11.9 Å². The van der Waals surface area contributed by atoms with Crippen LogP contribution < -0.4 is 10.1 Å². The zero-order valence-corrected chi connectivity index (χ0v) is 14.3. The van der Waals surface area contributed by atoms with Crippen molar-refractivity contribution in [1.29, 1.82) is 0 Å². The van der Waals surface area contributed by atoms with Gasteiger partial charge in [-0.25, -0.2) is 9.97 Å². The van der Waals surface area contributed by atoms with Crippen molar-refractivity contribution < 1.29 is 9.53 Å². The summed E-state index contributed by atoms with van der Waals surface area (Å²) in [5.74, 6) is 1.58. The van der Waals surface area contributed by atoms with Gasteiger partial charge in [0.15, 0.2) is 5.82 Å². The molecule has 5 heteroatoms. The fourth-order valence-electron chi connectivity index (χ4n) is 3.28. The Balaban J connectivity index is 1.57. The second-order valence-electron chi connectivity index (χ2n) is 6.29. The molecule has 2 aromatic carbocycles. The lowest BCUT2D eigenvalue weighted by molar-refractivity contribution is -0.120. The molecule has 2 heterocycles. The third kappa shape index (κ3) is 3.16. The Labute approximate surface area is 151 Å². The van der Waals surface area contributed by atoms with Gasteiger partial charge in [0.05, 0.1) is 6.54 Å². The van der Waals surface area contributed by atoms with Crippen LogP contribution in [0.2, 0.25) is 0 Å². The number of hydrogen-bond donors (Lipinski definition) is 1. The van der Waals surface area contributed by atoms with Crippen LogP contribution in [0.15, 0.2) is 61.4 Å². The van der Waals surface area contributed by atoms with Gasteiger partial charge in [-0.1, -0.05) is 24.3 Å². The zero-order valence-electron chi connectivity index (χ0n) is 14.3. The van der Waals surface area contributed by atoms with E-state index in [0.29, 0.717) is 18.8 Å². The Bertz CT molecular complexity index is 970. The van der Waals surface area contributed by atoms with Gasteiger partial charge in [-0.3, -0.25) is 4.79 Å². The van der Waals surface area contributed by atoms with E-state index in [1.54, 1.807) is 18.5 Å². The van der Waals surface area contributed by atoms with E-state index in [9.17, 15) is 4.79 Å². The van der Waals surface area contributed by atoms with Gasteiger partial charge in [0.2, 0.25) is 5.91 Å². The number of rotatable bonds is 5. The van der Waals surface area contributed by atoms with Crippen molar-refractivity contribution in [3.63, 3.8) is 0 Å². The highest BCUT2D eigenvalue weighted by Crippen LogP contribution is 2.36. The van der Waals surface area contributed by atoms with E-state index in [4.69, 9.17) is 4.74 Å². The Hall–Kier alpha value is -3.21. The maximum absolute atomic E-state index is 11.6. The van der Waals surface area contributed by atoms with Crippen LogP contribution in [0.5, 0.6) is 5.75 Å². The molecule has 1 amide bonds. The molecule has 0 fully saturated rings. The minimum absolute atomic E-state index is 0.0306. The Morgan fingerprint density at radius 2 is 2.12 bits per heavy atom. The van der Waals surface area contributed by atoms with Crippen LogP contribution in [0, 0.1) is 0 Å².